The molecular formula is C116H118N4. The quantitative estimate of drug-likeness (QED) is 0.142. The van der Waals surface area contributed by atoms with Crippen LogP contribution in [0.25, 0.3) is 122 Å². The fraction of sp³-hybridized carbons (Fsp3) is 0.207. The summed E-state index contributed by atoms with van der Waals surface area (Å²) in [6.07, 6.45) is 0. The second kappa shape index (κ2) is 38.3. The second-order valence-corrected chi connectivity index (χ2v) is 33.2. The first-order chi connectivity index (χ1) is 57.5. The van der Waals surface area contributed by atoms with Gasteiger partial charge in [-0.25, -0.2) is 4.98 Å². The van der Waals surface area contributed by atoms with Crippen molar-refractivity contribution in [3.63, 3.8) is 0 Å². The average Bonchev–Trinajstić information content (AvgIpc) is 0.769. The van der Waals surface area contributed by atoms with Crippen LogP contribution in [0.3, 0.4) is 0 Å². The summed E-state index contributed by atoms with van der Waals surface area (Å²) in [5, 5.41) is 8.24. The van der Waals surface area contributed by atoms with E-state index < -0.39 is 0 Å². The normalized spacial score (nSPS) is 10.8. The molecular weight excluding hydrogens is 1450 g/mol. The molecule has 13 aromatic carbocycles. The zero-order chi connectivity index (χ0) is 85.9. The first kappa shape index (κ1) is 86.6. The number of hydrogen-bond donors (Lipinski definition) is 0. The van der Waals surface area contributed by atoms with Crippen LogP contribution in [0.1, 0.15) is 134 Å². The molecule has 0 saturated heterocycles. The van der Waals surface area contributed by atoms with Crippen LogP contribution >= 0.6 is 0 Å². The lowest BCUT2D eigenvalue weighted by Crippen LogP contribution is -2.00. The number of aromatic nitrogens is 4. The van der Waals surface area contributed by atoms with Gasteiger partial charge in [0, 0.05) is 56.2 Å². The molecule has 0 radical (unpaired) electrons. The highest BCUT2D eigenvalue weighted by molar-refractivity contribution is 6.05. The van der Waals surface area contributed by atoms with Gasteiger partial charge in [0.25, 0.3) is 0 Å². The van der Waals surface area contributed by atoms with Crippen molar-refractivity contribution in [3.05, 3.63) is 413 Å². The monoisotopic (exact) mass is 1570 g/mol. The van der Waals surface area contributed by atoms with Gasteiger partial charge in [0.1, 0.15) is 0 Å². The number of pyridine rings is 4. The largest absolute Gasteiger partial charge is 0.257 e. The molecule has 0 saturated carbocycles. The zero-order valence-corrected chi connectivity index (χ0v) is 75.3. The van der Waals surface area contributed by atoms with Crippen molar-refractivity contribution >= 4 is 32.3 Å². The highest BCUT2D eigenvalue weighted by Crippen LogP contribution is 2.41. The minimum absolute atomic E-state index is 1.09. The molecule has 0 amide bonds. The predicted molar refractivity (Wildman–Crippen MR) is 520 cm³/mol. The third-order valence-corrected chi connectivity index (χ3v) is 24.2. The third-order valence-electron chi connectivity index (χ3n) is 24.2. The van der Waals surface area contributed by atoms with E-state index in [9.17, 15) is 0 Å². The van der Waals surface area contributed by atoms with E-state index in [2.05, 4.69) is 445 Å². The summed E-state index contributed by atoms with van der Waals surface area (Å²) in [7, 11) is 0. The Hall–Kier alpha value is -12.8. The Kier molecular flexibility index (Phi) is 27.6. The van der Waals surface area contributed by atoms with Crippen LogP contribution in [-0.4, -0.2) is 19.9 Å². The maximum absolute atomic E-state index is 5.03. The summed E-state index contributed by atoms with van der Waals surface area (Å²) in [5.41, 5.74) is 49.5. The van der Waals surface area contributed by atoms with Gasteiger partial charge in [-0.2, -0.15) is 0 Å². The van der Waals surface area contributed by atoms with Gasteiger partial charge in [-0.3, -0.25) is 15.0 Å². The lowest BCUT2D eigenvalue weighted by atomic mass is 9.90. The summed E-state index contributed by atoms with van der Waals surface area (Å²) in [4.78, 5) is 19.6. The molecule has 17 rings (SSSR count). The fourth-order valence-electron chi connectivity index (χ4n) is 16.5. The molecule has 0 aliphatic rings. The number of benzene rings is 13. The summed E-state index contributed by atoms with van der Waals surface area (Å²) in [6, 6.07) is 99.7. The molecule has 0 spiro atoms. The smallest absolute Gasteiger partial charge is 0.0741 e. The fourth-order valence-corrected chi connectivity index (χ4v) is 16.5. The van der Waals surface area contributed by atoms with Crippen LogP contribution in [0.15, 0.2) is 279 Å². The SMILES string of the molecule is Cc1c2ccccc2c(C)c2ccccc12.Cc1ccc(-c2c(C)nc(C)c(-c3ccc(C)cc3)c2C)cc1.Cc1ccc(-c2nc(-c3ccc(C)cc3)c(C)c(C)c2C)cc1.Cc1ccc(-c2nc(C)c(C)c(-c3ccc(C)cc3)c2C)cc1.Cc1ccc(-c2nc(C)c(C)c(-c3ccc(C)cc3)c2C)cc1.Cc1ccc(C)c2ccccc12. The van der Waals surface area contributed by atoms with E-state index in [-0.39, 0.29) is 0 Å². The van der Waals surface area contributed by atoms with Crippen molar-refractivity contribution < 1.29 is 0 Å². The van der Waals surface area contributed by atoms with Crippen LogP contribution in [0, 0.1) is 166 Å². The average molecular weight is 1570 g/mol. The van der Waals surface area contributed by atoms with E-state index in [0.29, 0.717) is 0 Å². The summed E-state index contributed by atoms with van der Waals surface area (Å²) < 4.78 is 0. The minimum Gasteiger partial charge on any atom is -0.257 e. The second-order valence-electron chi connectivity index (χ2n) is 33.2. The van der Waals surface area contributed by atoms with Gasteiger partial charge in [0.2, 0.25) is 0 Å². The van der Waals surface area contributed by atoms with Gasteiger partial charge in [-0.05, 0) is 299 Å². The van der Waals surface area contributed by atoms with Gasteiger partial charge in [-0.15, -0.1) is 0 Å². The van der Waals surface area contributed by atoms with E-state index >= 15 is 0 Å². The van der Waals surface area contributed by atoms with Gasteiger partial charge in [0.15, 0.2) is 0 Å². The molecule has 4 heterocycles. The summed E-state index contributed by atoms with van der Waals surface area (Å²) in [5.74, 6) is 0. The molecule has 17 aromatic rings. The van der Waals surface area contributed by atoms with Crippen LogP contribution in [0.5, 0.6) is 0 Å². The molecule has 0 atom stereocenters. The number of aryl methyl sites for hydroxylation is 16. The molecule has 0 unspecified atom stereocenters. The minimum atomic E-state index is 1.09. The van der Waals surface area contributed by atoms with E-state index in [4.69, 9.17) is 19.9 Å². The Morgan fingerprint density at radius 2 is 0.342 bits per heavy atom. The summed E-state index contributed by atoms with van der Waals surface area (Å²) >= 11 is 0. The van der Waals surface area contributed by atoms with E-state index in [1.165, 1.54) is 210 Å². The standard InChI is InChI=1S/4C22H23N.C16H14.C12H12/c1-14-6-10-19(11-7-14)21-16(3)22(18(5)23-17(21)4)20-12-8-15(2)9-13-20;2*1-14-6-10-19(11-7-14)21-16(3)18(5)23-22(17(21)4)20-12-8-15(2)9-13-20;1-14-6-10-19(11-7-14)21-17(4)16(3)18(5)22(23-21)20-12-8-15(2)9-13-20;1-11-13-7-3-5-9-15(13)12(2)16-10-6-4-8-14(11)16;1-9-7-8-10(2)12-6-4-3-5-11(9)12/h4*6-13H,1-5H3;3-10H,1-2H3;3-8H,1-2H3. The van der Waals surface area contributed by atoms with Gasteiger partial charge in [0.05, 0.1) is 22.8 Å². The Morgan fingerprint density at radius 1 is 0.133 bits per heavy atom. The Bertz CT molecular complexity index is 5970. The van der Waals surface area contributed by atoms with E-state index in [1.807, 2.05) is 0 Å². The van der Waals surface area contributed by atoms with E-state index in [1.54, 1.807) is 0 Å². The van der Waals surface area contributed by atoms with Crippen LogP contribution < -0.4 is 0 Å². The van der Waals surface area contributed by atoms with Gasteiger partial charge < -0.3 is 0 Å². The first-order valence-corrected chi connectivity index (χ1v) is 42.3. The Labute approximate surface area is 716 Å². The molecule has 0 bridgehead atoms. The molecule has 0 N–H and O–H groups in total. The predicted octanol–water partition coefficient (Wildman–Crippen LogP) is 31.9. The molecule has 0 fully saturated rings. The van der Waals surface area contributed by atoms with Gasteiger partial charge in [-0.1, -0.05) is 324 Å². The van der Waals surface area contributed by atoms with Crippen LogP contribution in [-0.2, 0) is 0 Å². The van der Waals surface area contributed by atoms with Crippen molar-refractivity contribution in [2.24, 2.45) is 0 Å². The molecule has 0 aliphatic heterocycles. The number of rotatable bonds is 8. The van der Waals surface area contributed by atoms with Gasteiger partial charge >= 0.3 is 0 Å². The number of hydrogen-bond acceptors (Lipinski definition) is 4. The molecule has 0 aliphatic carbocycles. The van der Waals surface area contributed by atoms with Crippen molar-refractivity contribution in [2.45, 2.75) is 166 Å². The highest BCUT2D eigenvalue weighted by atomic mass is 14.7. The Balaban J connectivity index is 0.000000133. The lowest BCUT2D eigenvalue weighted by Gasteiger charge is -2.17. The number of nitrogens with zero attached hydrogens (tertiary/aromatic N) is 4. The molecule has 4 nitrogen and oxygen atoms in total. The molecule has 4 heteroatoms. The third kappa shape index (κ3) is 19.6. The van der Waals surface area contributed by atoms with Crippen molar-refractivity contribution in [1.82, 2.24) is 19.9 Å². The molecule has 120 heavy (non-hydrogen) atoms. The zero-order valence-electron chi connectivity index (χ0n) is 75.3. The van der Waals surface area contributed by atoms with Crippen molar-refractivity contribution in [3.8, 4) is 89.5 Å². The van der Waals surface area contributed by atoms with E-state index in [0.717, 1.165) is 45.6 Å². The maximum Gasteiger partial charge on any atom is 0.0741 e. The molecule has 4 aromatic heterocycles. The first-order valence-electron chi connectivity index (χ1n) is 42.3. The van der Waals surface area contributed by atoms with Crippen molar-refractivity contribution in [1.29, 1.82) is 0 Å². The Morgan fingerprint density at radius 3 is 0.583 bits per heavy atom. The van der Waals surface area contributed by atoms with Crippen LogP contribution in [0.2, 0.25) is 0 Å². The topological polar surface area (TPSA) is 51.6 Å². The molecule has 602 valence electrons. The maximum atomic E-state index is 5.03. The highest BCUT2D eigenvalue weighted by Gasteiger charge is 2.21. The lowest BCUT2D eigenvalue weighted by molar-refractivity contribution is 1.11. The van der Waals surface area contributed by atoms with Crippen LogP contribution in [0.4, 0.5) is 0 Å². The number of fused-ring (bicyclic) bond motifs is 3. The summed E-state index contributed by atoms with van der Waals surface area (Å²) in [6.45, 7) is 51.5. The van der Waals surface area contributed by atoms with Crippen molar-refractivity contribution in [2.75, 3.05) is 0 Å².